The topological polar surface area (TPSA) is 51.6 Å². The zero-order valence-corrected chi connectivity index (χ0v) is 28.1. The van der Waals surface area contributed by atoms with Crippen LogP contribution in [-0.4, -0.2) is 19.9 Å². The van der Waals surface area contributed by atoms with Crippen molar-refractivity contribution in [3.8, 4) is 33.8 Å². The van der Waals surface area contributed by atoms with Gasteiger partial charge in [-0.3, -0.25) is 19.9 Å². The maximum absolute atomic E-state index is 5.41. The molecule has 0 radical (unpaired) electrons. The minimum atomic E-state index is -0.679. The second kappa shape index (κ2) is 13.6. The molecule has 0 aliphatic heterocycles. The molecule has 5 heteroatoms. The fourth-order valence-corrected chi connectivity index (χ4v) is 6.51. The number of benzene rings is 5. The fraction of sp³-hybridized carbons (Fsp3) is 0.0233. The van der Waals surface area contributed by atoms with Crippen LogP contribution in [0, 0.1) is 18.2 Å². The maximum Gasteiger partial charge on any atom is 3.00 e. The van der Waals surface area contributed by atoms with Gasteiger partial charge in [0.25, 0.3) is 0 Å². The van der Waals surface area contributed by atoms with Crippen LogP contribution in [0.1, 0.15) is 22.5 Å². The maximum atomic E-state index is 5.41. The second-order valence-corrected chi connectivity index (χ2v) is 11.2. The molecule has 0 amide bonds. The second-order valence-electron chi connectivity index (χ2n) is 11.2. The van der Waals surface area contributed by atoms with Gasteiger partial charge in [0.05, 0.1) is 16.9 Å². The quantitative estimate of drug-likeness (QED) is 0.167. The Morgan fingerprint density at radius 1 is 0.500 bits per heavy atom. The molecule has 0 saturated heterocycles. The minimum Gasteiger partial charge on any atom is -0.299 e. The van der Waals surface area contributed by atoms with Gasteiger partial charge in [-0.1, -0.05) is 60.2 Å². The molecule has 228 valence electrons. The summed E-state index contributed by atoms with van der Waals surface area (Å²) in [4.78, 5) is 18.5. The first kappa shape index (κ1) is 31.0. The first-order valence-electron chi connectivity index (χ1n) is 15.5. The molecule has 0 unspecified atom stereocenters. The standard InChI is InChI=1S/C33H20N2.C10H7N2.Ir/c1-2-12-23(13-3-1)32-25-15-5-4-14-24(25)22-31(35-32)33(30-20-10-11-21-34-30)28-18-8-6-16-26(28)27-17-7-9-19-29(27)33;1-2-5-9(6-3-1)10-11-7-4-8-12-10;/h1-12,14-18,20-22H;1-5,7-8H;/q-2;-1;+3/t33-;;/m0../s1. The van der Waals surface area contributed by atoms with Crippen molar-refractivity contribution in [2.45, 2.75) is 5.41 Å². The van der Waals surface area contributed by atoms with Crippen LogP contribution in [0.5, 0.6) is 0 Å². The average molecular weight is 792 g/mol. The molecule has 3 aromatic heterocycles. The molecule has 0 spiro atoms. The minimum absolute atomic E-state index is 0. The Balaban J connectivity index is 0.000000237. The monoisotopic (exact) mass is 792 g/mol. The summed E-state index contributed by atoms with van der Waals surface area (Å²) in [5.74, 6) is 0.720. The SMILES string of the molecule is [Ir+3].[c-]1ccccc1-c1nc([C@]2(c3ccccn3)c3[c-]cccc3-c3ccccc32)cc2ccccc12.[c-]1ccccc1-c1ncccn1. The van der Waals surface area contributed by atoms with Crippen LogP contribution in [-0.2, 0) is 25.5 Å². The van der Waals surface area contributed by atoms with E-state index in [1.165, 1.54) is 16.7 Å². The number of hydrogen-bond donors (Lipinski definition) is 0. The normalized spacial score (nSPS) is 14.2. The van der Waals surface area contributed by atoms with E-state index < -0.39 is 5.41 Å². The van der Waals surface area contributed by atoms with E-state index in [9.17, 15) is 0 Å². The number of pyridine rings is 2. The van der Waals surface area contributed by atoms with Crippen LogP contribution in [0.2, 0.25) is 0 Å². The van der Waals surface area contributed by atoms with E-state index in [4.69, 9.17) is 9.97 Å². The summed E-state index contributed by atoms with van der Waals surface area (Å²) in [5, 5.41) is 2.25. The largest absolute Gasteiger partial charge is 3.00 e. The zero-order chi connectivity index (χ0) is 31.5. The van der Waals surface area contributed by atoms with Gasteiger partial charge in [0.2, 0.25) is 0 Å². The van der Waals surface area contributed by atoms with Crippen molar-refractivity contribution in [1.82, 2.24) is 19.9 Å². The average Bonchev–Trinajstić information content (AvgIpc) is 3.47. The summed E-state index contributed by atoms with van der Waals surface area (Å²) in [7, 11) is 0. The summed E-state index contributed by atoms with van der Waals surface area (Å²) in [6.07, 6.45) is 5.32. The molecule has 4 nitrogen and oxygen atoms in total. The van der Waals surface area contributed by atoms with E-state index >= 15 is 0 Å². The Kier molecular flexibility index (Phi) is 8.80. The van der Waals surface area contributed by atoms with E-state index in [-0.39, 0.29) is 20.1 Å². The van der Waals surface area contributed by atoms with Gasteiger partial charge >= 0.3 is 20.1 Å². The molecule has 1 atom stereocenters. The van der Waals surface area contributed by atoms with Crippen molar-refractivity contribution in [2.24, 2.45) is 0 Å². The molecule has 8 aromatic rings. The van der Waals surface area contributed by atoms with E-state index in [2.05, 4.69) is 113 Å². The fourth-order valence-electron chi connectivity index (χ4n) is 6.51. The van der Waals surface area contributed by atoms with Crippen LogP contribution in [0.25, 0.3) is 44.5 Å². The van der Waals surface area contributed by atoms with Crippen LogP contribution in [0.3, 0.4) is 0 Å². The summed E-state index contributed by atoms with van der Waals surface area (Å²) in [6, 6.07) is 59.2. The van der Waals surface area contributed by atoms with Crippen LogP contribution in [0.15, 0.2) is 164 Å². The Morgan fingerprint density at radius 3 is 1.94 bits per heavy atom. The molecule has 48 heavy (non-hydrogen) atoms. The first-order chi connectivity index (χ1) is 23.3. The van der Waals surface area contributed by atoms with Gasteiger partial charge in [0.15, 0.2) is 0 Å². The van der Waals surface area contributed by atoms with Gasteiger partial charge in [0.1, 0.15) is 0 Å². The predicted molar refractivity (Wildman–Crippen MR) is 186 cm³/mol. The van der Waals surface area contributed by atoms with Crippen molar-refractivity contribution in [3.05, 3.63) is 205 Å². The predicted octanol–water partition coefficient (Wildman–Crippen LogP) is 9.20. The number of hydrogen-bond acceptors (Lipinski definition) is 4. The molecule has 0 saturated carbocycles. The summed E-state index contributed by atoms with van der Waals surface area (Å²) < 4.78 is 0. The molecule has 0 N–H and O–H groups in total. The number of fused-ring (bicyclic) bond motifs is 4. The Hall–Kier alpha value is -5.61. The molecule has 5 aromatic carbocycles. The van der Waals surface area contributed by atoms with E-state index in [0.717, 1.165) is 50.4 Å². The third kappa shape index (κ3) is 5.43. The van der Waals surface area contributed by atoms with Gasteiger partial charge in [-0.25, -0.2) is 0 Å². The van der Waals surface area contributed by atoms with E-state index in [0.29, 0.717) is 0 Å². The molecule has 1 aliphatic rings. The van der Waals surface area contributed by atoms with Gasteiger partial charge in [0, 0.05) is 24.3 Å². The van der Waals surface area contributed by atoms with Gasteiger partial charge in [-0.05, 0) is 46.3 Å². The Bertz CT molecular complexity index is 2210. The first-order valence-corrected chi connectivity index (χ1v) is 15.5. The van der Waals surface area contributed by atoms with Crippen molar-refractivity contribution >= 4 is 10.8 Å². The van der Waals surface area contributed by atoms with Crippen LogP contribution in [0.4, 0.5) is 0 Å². The molecular weight excluding hydrogens is 765 g/mol. The summed E-state index contributed by atoms with van der Waals surface area (Å²) in [5.41, 5.74) is 8.69. The van der Waals surface area contributed by atoms with Crippen molar-refractivity contribution < 1.29 is 20.1 Å². The summed E-state index contributed by atoms with van der Waals surface area (Å²) in [6.45, 7) is 0. The molecule has 0 fully saturated rings. The van der Waals surface area contributed by atoms with Gasteiger partial charge in [-0.15, -0.1) is 82.9 Å². The number of rotatable bonds is 4. The Morgan fingerprint density at radius 2 is 1.17 bits per heavy atom. The smallest absolute Gasteiger partial charge is 0.299 e. The van der Waals surface area contributed by atoms with Crippen molar-refractivity contribution in [2.75, 3.05) is 0 Å². The molecular formula is C43H27IrN4. The van der Waals surface area contributed by atoms with Crippen molar-refractivity contribution in [1.29, 1.82) is 0 Å². The molecule has 9 rings (SSSR count). The van der Waals surface area contributed by atoms with E-state index in [1.54, 1.807) is 18.5 Å². The van der Waals surface area contributed by atoms with Gasteiger partial charge < -0.3 is 0 Å². The zero-order valence-electron chi connectivity index (χ0n) is 25.7. The van der Waals surface area contributed by atoms with Crippen LogP contribution >= 0.6 is 0 Å². The molecule has 1 aliphatic carbocycles. The molecule has 3 heterocycles. The van der Waals surface area contributed by atoms with Gasteiger partial charge in [-0.2, -0.15) is 24.3 Å². The number of aromatic nitrogens is 4. The summed E-state index contributed by atoms with van der Waals surface area (Å²) >= 11 is 0. The number of nitrogens with zero attached hydrogens (tertiary/aromatic N) is 4. The van der Waals surface area contributed by atoms with Crippen molar-refractivity contribution in [3.63, 3.8) is 0 Å². The Labute approximate surface area is 293 Å². The van der Waals surface area contributed by atoms with Crippen LogP contribution < -0.4 is 0 Å². The third-order valence-corrected chi connectivity index (χ3v) is 8.51. The molecule has 0 bridgehead atoms. The van der Waals surface area contributed by atoms with E-state index in [1.807, 2.05) is 60.8 Å². The third-order valence-electron chi connectivity index (χ3n) is 8.51.